The van der Waals surface area contributed by atoms with E-state index in [0.717, 1.165) is 6.42 Å². The van der Waals surface area contributed by atoms with Crippen LogP contribution in [0.3, 0.4) is 0 Å². The van der Waals surface area contributed by atoms with Crippen LogP contribution in [0.25, 0.3) is 0 Å². The molecule has 1 radical (unpaired) electrons. The molecule has 101 valence electrons. The summed E-state index contributed by atoms with van der Waals surface area (Å²) in [5.74, 6) is 0. The van der Waals surface area contributed by atoms with Gasteiger partial charge in [-0.1, -0.05) is 84.0 Å². The number of hydrogen-bond acceptors (Lipinski definition) is 1. The van der Waals surface area contributed by atoms with E-state index in [1.165, 1.54) is 77.0 Å². The minimum absolute atomic E-state index is 0.637. The molecule has 0 aliphatic carbocycles. The third-order valence-corrected chi connectivity index (χ3v) is 3.38. The van der Waals surface area contributed by atoms with Crippen molar-refractivity contribution < 1.29 is 4.79 Å². The first-order chi connectivity index (χ1) is 8.41. The van der Waals surface area contributed by atoms with Crippen LogP contribution in [-0.2, 0) is 4.79 Å². The summed E-state index contributed by atoms with van der Waals surface area (Å²) in [4.78, 5) is 9.98. The van der Waals surface area contributed by atoms with Crippen molar-refractivity contribution in [1.82, 2.24) is 0 Å². The molecule has 0 amide bonds. The van der Waals surface area contributed by atoms with Crippen molar-refractivity contribution in [3.05, 3.63) is 0 Å². The lowest BCUT2D eigenvalue weighted by atomic mass is 11.0. The van der Waals surface area contributed by atoms with Gasteiger partial charge in [-0.25, -0.2) is 0 Å². The topological polar surface area (TPSA) is 17.1 Å². The van der Waals surface area contributed by atoms with Crippen LogP contribution < -0.4 is 0 Å². The van der Waals surface area contributed by atoms with Gasteiger partial charge in [0.2, 0.25) is 0 Å². The first-order valence-corrected chi connectivity index (χ1v) is 7.76. The van der Waals surface area contributed by atoms with Crippen LogP contribution in [0.1, 0.15) is 96.8 Å². The van der Waals surface area contributed by atoms with Gasteiger partial charge < -0.3 is 0 Å². The fraction of sp³-hybridized carbons (Fsp3) is 0.938. The molecule has 0 aromatic rings. The highest BCUT2D eigenvalue weighted by atomic mass is 16.2. The molecule has 0 heterocycles. The average Bonchev–Trinajstić information content (AvgIpc) is 2.35. The molecular weight excluding hydrogens is 224 g/mol. The Morgan fingerprint density at radius 1 is 0.588 bits per heavy atom. The van der Waals surface area contributed by atoms with E-state index in [4.69, 9.17) is 0 Å². The van der Waals surface area contributed by atoms with Crippen molar-refractivity contribution in [2.45, 2.75) is 96.8 Å². The predicted octanol–water partition coefficient (Wildman–Crippen LogP) is 5.58. The molecule has 0 saturated carbocycles. The molecule has 0 aromatic carbocycles. The summed E-state index contributed by atoms with van der Waals surface area (Å²) in [6.45, 7) is 2.27. The molecule has 0 aromatic heterocycles. The third kappa shape index (κ3) is 15.7. The Balaban J connectivity index is 2.87. The fourth-order valence-electron chi connectivity index (χ4n) is 2.21. The summed E-state index contributed by atoms with van der Waals surface area (Å²) in [6, 6.07) is 0. The summed E-state index contributed by atoms with van der Waals surface area (Å²) in [5, 5.41) is 0. The van der Waals surface area contributed by atoms with Gasteiger partial charge in [0.25, 0.3) is 0 Å². The van der Waals surface area contributed by atoms with E-state index in [1.54, 1.807) is 0 Å². The normalized spacial score (nSPS) is 10.6. The van der Waals surface area contributed by atoms with Crippen molar-refractivity contribution in [1.29, 1.82) is 0 Å². The van der Waals surface area contributed by atoms with Gasteiger partial charge in [-0.3, -0.25) is 4.79 Å². The van der Waals surface area contributed by atoms with Gasteiger partial charge in [-0.2, -0.15) is 0 Å². The standard InChI is InChI=1S/C16H31O/c1-2-3-4-5-6-7-8-9-10-11-12-13-14-15-16-17/h2-15H2,1H3/i1+1,2+1,3+1,4+1,5+1,6+1,7+1,8+1,9+1,10+1,11+1,12+1,13+1,14+1,15+1,16+1. The first-order valence-electron chi connectivity index (χ1n) is 7.76. The highest BCUT2D eigenvalue weighted by molar-refractivity contribution is 5.50. The molecular formula is C16H31O. The lowest BCUT2D eigenvalue weighted by Gasteiger charge is -2.02. The zero-order valence-electron chi connectivity index (χ0n) is 11.8. The molecule has 1 heteroatoms. The molecule has 0 aliphatic rings. The molecule has 0 bridgehead atoms. The van der Waals surface area contributed by atoms with Crippen molar-refractivity contribution in [2.75, 3.05) is 0 Å². The van der Waals surface area contributed by atoms with Crippen LogP contribution in [0.2, 0.25) is 0 Å². The van der Waals surface area contributed by atoms with E-state index in [1.807, 2.05) is 6.29 Å². The van der Waals surface area contributed by atoms with Crippen LogP contribution >= 0.6 is 0 Å². The van der Waals surface area contributed by atoms with Gasteiger partial charge in [0.05, 0.1) is 0 Å². The number of unbranched alkanes of at least 4 members (excludes halogenated alkanes) is 13. The summed E-state index contributed by atoms with van der Waals surface area (Å²) >= 11 is 0. The monoisotopic (exact) mass is 255 g/mol. The highest BCUT2D eigenvalue weighted by Gasteiger charge is 1.93. The molecule has 0 aliphatic heterocycles. The zero-order chi connectivity index (χ0) is 12.6. The second-order valence-electron chi connectivity index (χ2n) is 5.14. The molecule has 0 N–H and O–H groups in total. The Kier molecular flexibility index (Phi) is 15.4. The fourth-order valence-corrected chi connectivity index (χ4v) is 2.21. The Morgan fingerprint density at radius 3 is 1.29 bits per heavy atom. The van der Waals surface area contributed by atoms with Crippen LogP contribution in [-0.4, -0.2) is 6.29 Å². The smallest absolute Gasteiger partial charge is 0.198 e. The molecule has 0 unspecified atom stereocenters. The molecule has 0 atom stereocenters. The third-order valence-electron chi connectivity index (χ3n) is 3.38. The number of carbonyl (C=O) groups excluding carboxylic acids is 1. The van der Waals surface area contributed by atoms with E-state index in [2.05, 4.69) is 6.92 Å². The summed E-state index contributed by atoms with van der Waals surface area (Å²) < 4.78 is 0. The lowest BCUT2D eigenvalue weighted by Crippen LogP contribution is -1.83. The van der Waals surface area contributed by atoms with Crippen LogP contribution in [0, 0.1) is 0 Å². The Hall–Kier alpha value is -0.330. The van der Waals surface area contributed by atoms with Crippen LogP contribution in [0.4, 0.5) is 0 Å². The quantitative estimate of drug-likeness (QED) is 0.292. The molecule has 1 nitrogen and oxygen atoms in total. The minimum atomic E-state index is 0.637. The number of hydrogen-bond donors (Lipinski definition) is 0. The van der Waals surface area contributed by atoms with Gasteiger partial charge in [-0.15, -0.1) is 0 Å². The summed E-state index contributed by atoms with van der Waals surface area (Å²) in [6.07, 6.45) is 20.2. The van der Waals surface area contributed by atoms with Gasteiger partial charge in [0.1, 0.15) is 0 Å². The van der Waals surface area contributed by atoms with Crippen LogP contribution in [0.5, 0.6) is 0 Å². The molecule has 0 rings (SSSR count). The second-order valence-corrected chi connectivity index (χ2v) is 5.14. The van der Waals surface area contributed by atoms with Crippen molar-refractivity contribution in [2.24, 2.45) is 0 Å². The van der Waals surface area contributed by atoms with E-state index < -0.39 is 0 Å². The second kappa shape index (κ2) is 15.7. The molecule has 0 spiro atoms. The van der Waals surface area contributed by atoms with E-state index in [9.17, 15) is 4.79 Å². The molecule has 0 saturated heterocycles. The zero-order valence-corrected chi connectivity index (χ0v) is 11.8. The Labute approximate surface area is 108 Å². The first kappa shape index (κ1) is 16.7. The predicted molar refractivity (Wildman–Crippen MR) is 76.0 cm³/mol. The van der Waals surface area contributed by atoms with Crippen molar-refractivity contribution >= 4 is 6.29 Å². The SMILES string of the molecule is [13CH3][13CH2][13CH2][13CH2][13CH2][13CH2][13CH2][13CH2][13CH2][13CH2][13CH2][13CH2][13CH2][13CH2][13CH2][13C]=O. The lowest BCUT2D eigenvalue weighted by molar-refractivity contribution is 0.531. The Bertz CT molecular complexity index is 142. The average molecular weight is 255 g/mol. The maximum absolute atomic E-state index is 9.98. The summed E-state index contributed by atoms with van der Waals surface area (Å²) in [7, 11) is 0. The van der Waals surface area contributed by atoms with Crippen molar-refractivity contribution in [3.8, 4) is 0 Å². The Morgan fingerprint density at radius 2 is 0.941 bits per heavy atom. The molecule has 0 fully saturated rings. The van der Waals surface area contributed by atoms with E-state index in [0.29, 0.717) is 6.42 Å². The maximum atomic E-state index is 9.98. The van der Waals surface area contributed by atoms with E-state index >= 15 is 0 Å². The van der Waals surface area contributed by atoms with Crippen molar-refractivity contribution in [3.63, 3.8) is 0 Å². The van der Waals surface area contributed by atoms with Gasteiger partial charge in [-0.05, 0) is 6.42 Å². The van der Waals surface area contributed by atoms with E-state index in [-0.39, 0.29) is 0 Å². The largest absolute Gasteiger partial charge is 0.291 e. The van der Waals surface area contributed by atoms with Gasteiger partial charge in [0.15, 0.2) is 6.29 Å². The van der Waals surface area contributed by atoms with Crippen LogP contribution in [0.15, 0.2) is 0 Å². The highest BCUT2D eigenvalue weighted by Crippen LogP contribution is 2.12. The molecule has 17 heavy (non-hydrogen) atoms. The summed E-state index contributed by atoms with van der Waals surface area (Å²) in [5.41, 5.74) is 0. The number of rotatable bonds is 14. The minimum Gasteiger partial charge on any atom is -0.291 e. The van der Waals surface area contributed by atoms with Gasteiger partial charge >= 0.3 is 0 Å². The van der Waals surface area contributed by atoms with Gasteiger partial charge in [0, 0.05) is 6.42 Å². The maximum Gasteiger partial charge on any atom is 0.198 e.